The maximum Gasteiger partial charge on any atom is 0.123 e. The molecule has 2 heteroatoms. The van der Waals surface area contributed by atoms with Gasteiger partial charge in [-0.05, 0) is 48.8 Å². The minimum atomic E-state index is -0.602. The van der Waals surface area contributed by atoms with Gasteiger partial charge in [0, 0.05) is 6.42 Å². The van der Waals surface area contributed by atoms with Crippen molar-refractivity contribution in [2.24, 2.45) is 11.8 Å². The molecule has 1 aromatic carbocycles. The minimum absolute atomic E-state index is 0.217. The van der Waals surface area contributed by atoms with E-state index in [4.69, 9.17) is 0 Å². The lowest BCUT2D eigenvalue weighted by Gasteiger charge is -2.39. The van der Waals surface area contributed by atoms with Crippen molar-refractivity contribution < 1.29 is 9.50 Å². The number of rotatable bonds is 2. The predicted molar refractivity (Wildman–Crippen MR) is 67.2 cm³/mol. The SMILES string of the molecule is CC1CC(C)CC(O)(Cc2ccc(F)cc2)C1. The molecule has 0 aromatic heterocycles. The standard InChI is InChI=1S/C15H21FO/c1-11-7-12(2)9-15(17,8-11)10-13-3-5-14(16)6-4-13/h3-6,11-12,17H,7-10H2,1-2H3. The Hall–Kier alpha value is -0.890. The van der Waals surface area contributed by atoms with Crippen molar-refractivity contribution in [3.8, 4) is 0 Å². The highest BCUT2D eigenvalue weighted by molar-refractivity contribution is 5.18. The molecule has 2 rings (SSSR count). The molecule has 0 spiro atoms. The Kier molecular flexibility index (Phi) is 3.53. The first-order valence-electron chi connectivity index (χ1n) is 6.44. The molecule has 0 radical (unpaired) electrons. The Balaban J connectivity index is 2.08. The fourth-order valence-corrected chi connectivity index (χ4v) is 3.36. The summed E-state index contributed by atoms with van der Waals surface area (Å²) in [5.74, 6) is 0.930. The van der Waals surface area contributed by atoms with Crippen molar-refractivity contribution in [1.82, 2.24) is 0 Å². The molecule has 17 heavy (non-hydrogen) atoms. The van der Waals surface area contributed by atoms with Gasteiger partial charge in [-0.1, -0.05) is 26.0 Å². The molecule has 0 bridgehead atoms. The van der Waals surface area contributed by atoms with Gasteiger partial charge in [0.15, 0.2) is 0 Å². The third kappa shape index (κ3) is 3.29. The average molecular weight is 236 g/mol. The first-order chi connectivity index (χ1) is 7.97. The lowest BCUT2D eigenvalue weighted by atomic mass is 9.71. The molecule has 94 valence electrons. The second-order valence-corrected chi connectivity index (χ2v) is 5.88. The molecule has 1 saturated carbocycles. The highest BCUT2D eigenvalue weighted by Gasteiger charge is 2.35. The average Bonchev–Trinajstić information content (AvgIpc) is 2.19. The maximum absolute atomic E-state index is 12.8. The summed E-state index contributed by atoms with van der Waals surface area (Å²) in [5.41, 5.74) is 0.421. The third-order valence-corrected chi connectivity index (χ3v) is 3.71. The van der Waals surface area contributed by atoms with Crippen molar-refractivity contribution in [3.63, 3.8) is 0 Å². The first kappa shape index (κ1) is 12.6. The summed E-state index contributed by atoms with van der Waals surface area (Å²) in [6.07, 6.45) is 3.55. The van der Waals surface area contributed by atoms with E-state index < -0.39 is 5.60 Å². The Morgan fingerprint density at radius 2 is 1.71 bits per heavy atom. The summed E-state index contributed by atoms with van der Waals surface area (Å²) in [6, 6.07) is 6.48. The number of aliphatic hydroxyl groups is 1. The van der Waals surface area contributed by atoms with Crippen molar-refractivity contribution in [3.05, 3.63) is 35.6 Å². The molecule has 1 fully saturated rings. The predicted octanol–water partition coefficient (Wildman–Crippen LogP) is 3.56. The van der Waals surface area contributed by atoms with Gasteiger partial charge in [0.25, 0.3) is 0 Å². The Morgan fingerprint density at radius 3 is 2.24 bits per heavy atom. The highest BCUT2D eigenvalue weighted by Crippen LogP contribution is 2.37. The van der Waals surface area contributed by atoms with Crippen LogP contribution in [0.5, 0.6) is 0 Å². The van der Waals surface area contributed by atoms with Gasteiger partial charge in [0.1, 0.15) is 5.82 Å². The van der Waals surface area contributed by atoms with Crippen molar-refractivity contribution in [1.29, 1.82) is 0 Å². The zero-order valence-corrected chi connectivity index (χ0v) is 10.6. The third-order valence-electron chi connectivity index (χ3n) is 3.71. The van der Waals surface area contributed by atoms with E-state index in [9.17, 15) is 9.50 Å². The number of halogens is 1. The van der Waals surface area contributed by atoms with Crippen LogP contribution in [-0.2, 0) is 6.42 Å². The van der Waals surface area contributed by atoms with Gasteiger partial charge in [-0.25, -0.2) is 4.39 Å². The summed E-state index contributed by atoms with van der Waals surface area (Å²) in [7, 11) is 0. The molecule has 1 aliphatic carbocycles. The van der Waals surface area contributed by atoms with Crippen LogP contribution in [0, 0.1) is 17.7 Å². The van der Waals surface area contributed by atoms with Crippen LogP contribution in [0.3, 0.4) is 0 Å². The molecular formula is C15H21FO. The molecule has 1 aliphatic rings. The van der Waals surface area contributed by atoms with Crippen LogP contribution in [-0.4, -0.2) is 10.7 Å². The van der Waals surface area contributed by atoms with Crippen LogP contribution in [0.2, 0.25) is 0 Å². The number of hydrogen-bond acceptors (Lipinski definition) is 1. The highest BCUT2D eigenvalue weighted by atomic mass is 19.1. The lowest BCUT2D eigenvalue weighted by Crippen LogP contribution is -2.39. The van der Waals surface area contributed by atoms with E-state index in [1.165, 1.54) is 18.6 Å². The van der Waals surface area contributed by atoms with E-state index in [2.05, 4.69) is 13.8 Å². The summed E-state index contributed by atoms with van der Waals surface area (Å²) in [4.78, 5) is 0. The minimum Gasteiger partial charge on any atom is -0.390 e. The van der Waals surface area contributed by atoms with E-state index in [-0.39, 0.29) is 5.82 Å². The van der Waals surface area contributed by atoms with Gasteiger partial charge < -0.3 is 5.11 Å². The summed E-state index contributed by atoms with van der Waals surface area (Å²) >= 11 is 0. The molecule has 0 amide bonds. The van der Waals surface area contributed by atoms with Crippen LogP contribution < -0.4 is 0 Å². The van der Waals surface area contributed by atoms with Crippen LogP contribution in [0.1, 0.15) is 38.7 Å². The van der Waals surface area contributed by atoms with Gasteiger partial charge in [-0.15, -0.1) is 0 Å². The zero-order valence-electron chi connectivity index (χ0n) is 10.6. The normalized spacial score (nSPS) is 33.6. The largest absolute Gasteiger partial charge is 0.390 e. The second kappa shape index (κ2) is 4.77. The van der Waals surface area contributed by atoms with Crippen molar-refractivity contribution >= 4 is 0 Å². The van der Waals surface area contributed by atoms with E-state index in [1.807, 2.05) is 0 Å². The van der Waals surface area contributed by atoms with Gasteiger partial charge in [-0.2, -0.15) is 0 Å². The summed E-state index contributed by atoms with van der Waals surface area (Å²) < 4.78 is 12.8. The van der Waals surface area contributed by atoms with E-state index >= 15 is 0 Å². The van der Waals surface area contributed by atoms with E-state index in [0.29, 0.717) is 18.3 Å². The molecule has 1 N–H and O–H groups in total. The lowest BCUT2D eigenvalue weighted by molar-refractivity contribution is -0.0304. The van der Waals surface area contributed by atoms with Gasteiger partial charge in [0.05, 0.1) is 5.60 Å². The zero-order chi connectivity index (χ0) is 12.5. The Morgan fingerprint density at radius 1 is 1.18 bits per heavy atom. The molecule has 0 saturated heterocycles. The number of benzene rings is 1. The van der Waals surface area contributed by atoms with Crippen LogP contribution in [0.25, 0.3) is 0 Å². The fourth-order valence-electron chi connectivity index (χ4n) is 3.36. The first-order valence-corrected chi connectivity index (χ1v) is 6.44. The summed E-state index contributed by atoms with van der Waals surface area (Å²) in [5, 5.41) is 10.6. The smallest absolute Gasteiger partial charge is 0.123 e. The Labute approximate surface area is 103 Å². The summed E-state index contributed by atoms with van der Waals surface area (Å²) in [6.45, 7) is 4.40. The Bertz CT molecular complexity index is 361. The number of hydrogen-bond donors (Lipinski definition) is 1. The molecule has 0 heterocycles. The molecule has 2 unspecified atom stereocenters. The second-order valence-electron chi connectivity index (χ2n) is 5.88. The van der Waals surface area contributed by atoms with Crippen LogP contribution in [0.4, 0.5) is 4.39 Å². The van der Waals surface area contributed by atoms with Crippen molar-refractivity contribution in [2.75, 3.05) is 0 Å². The van der Waals surface area contributed by atoms with Gasteiger partial charge >= 0.3 is 0 Å². The fraction of sp³-hybridized carbons (Fsp3) is 0.600. The van der Waals surface area contributed by atoms with Gasteiger partial charge in [-0.3, -0.25) is 0 Å². The molecule has 1 nitrogen and oxygen atoms in total. The van der Waals surface area contributed by atoms with Gasteiger partial charge in [0.2, 0.25) is 0 Å². The van der Waals surface area contributed by atoms with E-state index in [0.717, 1.165) is 18.4 Å². The molecule has 2 atom stereocenters. The molecular weight excluding hydrogens is 215 g/mol. The molecule has 1 aromatic rings. The topological polar surface area (TPSA) is 20.2 Å². The maximum atomic E-state index is 12.8. The quantitative estimate of drug-likeness (QED) is 0.832. The monoisotopic (exact) mass is 236 g/mol. The van der Waals surface area contributed by atoms with E-state index in [1.54, 1.807) is 12.1 Å². The van der Waals surface area contributed by atoms with Crippen LogP contribution >= 0.6 is 0 Å². The van der Waals surface area contributed by atoms with Crippen LogP contribution in [0.15, 0.2) is 24.3 Å². The van der Waals surface area contributed by atoms with Crippen molar-refractivity contribution in [2.45, 2.75) is 45.1 Å². The molecule has 0 aliphatic heterocycles.